The first kappa shape index (κ1) is 19.7. The smallest absolute Gasteiger partial charge is 0.274 e. The van der Waals surface area contributed by atoms with Crippen molar-refractivity contribution in [3.63, 3.8) is 0 Å². The second-order valence-electron chi connectivity index (χ2n) is 7.75. The van der Waals surface area contributed by atoms with E-state index < -0.39 is 0 Å². The molecule has 158 valence electrons. The van der Waals surface area contributed by atoms with Gasteiger partial charge in [0.15, 0.2) is 0 Å². The maximum absolute atomic E-state index is 12.9. The number of aromatic nitrogens is 2. The molecule has 0 atom stereocenters. The molecular formula is C25H20N4O3. The molecule has 0 aliphatic carbocycles. The number of rotatable bonds is 3. The number of pyridine rings is 2. The fourth-order valence-corrected chi connectivity index (χ4v) is 3.90. The fourth-order valence-electron chi connectivity index (χ4n) is 3.90. The van der Waals surface area contributed by atoms with E-state index in [1.165, 1.54) is 0 Å². The third-order valence-corrected chi connectivity index (χ3v) is 5.63. The number of para-hydroxylation sites is 1. The minimum atomic E-state index is -0.309. The summed E-state index contributed by atoms with van der Waals surface area (Å²) in [5.74, 6) is -0.396. The number of nitrogens with one attached hydrogen (secondary N) is 2. The minimum absolute atomic E-state index is 0.0871. The van der Waals surface area contributed by atoms with Crippen LogP contribution < -0.4 is 10.9 Å². The zero-order valence-corrected chi connectivity index (χ0v) is 17.2. The third kappa shape index (κ3) is 3.88. The van der Waals surface area contributed by atoms with Crippen LogP contribution in [0.4, 0.5) is 5.69 Å². The van der Waals surface area contributed by atoms with Crippen LogP contribution in [0.15, 0.2) is 77.7 Å². The van der Waals surface area contributed by atoms with Gasteiger partial charge in [-0.25, -0.2) is 4.98 Å². The quantitative estimate of drug-likeness (QED) is 0.527. The molecule has 2 aromatic heterocycles. The van der Waals surface area contributed by atoms with Crippen molar-refractivity contribution >= 4 is 28.4 Å². The molecule has 7 nitrogen and oxygen atoms in total. The predicted molar refractivity (Wildman–Crippen MR) is 122 cm³/mol. The van der Waals surface area contributed by atoms with Gasteiger partial charge in [-0.1, -0.05) is 24.3 Å². The van der Waals surface area contributed by atoms with E-state index in [0.717, 1.165) is 22.0 Å². The molecule has 3 heterocycles. The summed E-state index contributed by atoms with van der Waals surface area (Å²) in [4.78, 5) is 45.8. The number of H-pyrrole nitrogens is 1. The van der Waals surface area contributed by atoms with E-state index >= 15 is 0 Å². The van der Waals surface area contributed by atoms with Crippen LogP contribution >= 0.6 is 0 Å². The first-order chi connectivity index (χ1) is 15.6. The molecule has 4 aromatic rings. The molecule has 0 spiro atoms. The molecule has 0 unspecified atom stereocenters. The highest BCUT2D eigenvalue weighted by Crippen LogP contribution is 2.20. The molecule has 0 radical (unpaired) electrons. The van der Waals surface area contributed by atoms with Gasteiger partial charge in [-0.05, 0) is 53.9 Å². The topological polar surface area (TPSA) is 95.2 Å². The summed E-state index contributed by atoms with van der Waals surface area (Å²) in [6.07, 6.45) is 2.33. The zero-order chi connectivity index (χ0) is 22.1. The number of benzene rings is 2. The lowest BCUT2D eigenvalue weighted by Crippen LogP contribution is -2.36. The summed E-state index contributed by atoms with van der Waals surface area (Å²) in [6, 6.07) is 19.6. The van der Waals surface area contributed by atoms with Crippen LogP contribution in [-0.2, 0) is 13.0 Å². The highest BCUT2D eigenvalue weighted by atomic mass is 16.2. The van der Waals surface area contributed by atoms with Crippen LogP contribution in [0.5, 0.6) is 0 Å². The Morgan fingerprint density at radius 3 is 2.62 bits per heavy atom. The van der Waals surface area contributed by atoms with E-state index in [1.807, 2.05) is 30.3 Å². The lowest BCUT2D eigenvalue weighted by molar-refractivity contribution is 0.0734. The lowest BCUT2D eigenvalue weighted by atomic mass is 10.0. The summed E-state index contributed by atoms with van der Waals surface area (Å²) in [6.45, 7) is 1.01. The van der Waals surface area contributed by atoms with Crippen LogP contribution in [-0.4, -0.2) is 33.2 Å². The number of anilines is 1. The number of hydrogen-bond acceptors (Lipinski definition) is 4. The van der Waals surface area contributed by atoms with Crippen molar-refractivity contribution < 1.29 is 9.59 Å². The maximum atomic E-state index is 12.9. The Hall–Kier alpha value is -4.26. The van der Waals surface area contributed by atoms with E-state index in [1.54, 1.807) is 47.5 Å². The largest absolute Gasteiger partial charge is 0.334 e. The van der Waals surface area contributed by atoms with E-state index in [-0.39, 0.29) is 17.4 Å². The average molecular weight is 424 g/mol. The molecule has 2 N–H and O–H groups in total. The molecule has 1 aliphatic heterocycles. The molecule has 1 aliphatic rings. The van der Waals surface area contributed by atoms with Gasteiger partial charge in [0, 0.05) is 42.0 Å². The van der Waals surface area contributed by atoms with E-state index in [2.05, 4.69) is 15.3 Å². The Morgan fingerprint density at radius 1 is 0.969 bits per heavy atom. The van der Waals surface area contributed by atoms with Gasteiger partial charge in [0.1, 0.15) is 5.69 Å². The van der Waals surface area contributed by atoms with Crippen molar-refractivity contribution in [2.45, 2.75) is 13.0 Å². The van der Waals surface area contributed by atoms with Crippen LogP contribution in [0.25, 0.3) is 10.9 Å². The highest BCUT2D eigenvalue weighted by molar-refractivity contribution is 6.04. The van der Waals surface area contributed by atoms with Crippen molar-refractivity contribution in [1.82, 2.24) is 14.9 Å². The standard InChI is InChI=1S/C25H20N4O3/c30-23-13-18-11-12-29(15-19(18)14-26-23)25(32)17-5-8-20(9-6-17)27-24(31)22-10-7-16-3-1-2-4-21(16)28-22/h1-10,13-14H,11-12,15H2,(H,26,30)(H,27,31). The first-order valence-electron chi connectivity index (χ1n) is 10.3. The minimum Gasteiger partial charge on any atom is -0.334 e. The lowest BCUT2D eigenvalue weighted by Gasteiger charge is -2.28. The highest BCUT2D eigenvalue weighted by Gasteiger charge is 2.22. The summed E-state index contributed by atoms with van der Waals surface area (Å²) < 4.78 is 0. The fraction of sp³-hybridized carbons (Fsp3) is 0.120. The van der Waals surface area contributed by atoms with E-state index in [4.69, 9.17) is 0 Å². The molecule has 7 heteroatoms. The summed E-state index contributed by atoms with van der Waals surface area (Å²) in [7, 11) is 0. The van der Waals surface area contributed by atoms with Gasteiger partial charge in [0.2, 0.25) is 5.56 Å². The number of amides is 2. The Morgan fingerprint density at radius 2 is 1.78 bits per heavy atom. The number of hydrogen-bond donors (Lipinski definition) is 2. The summed E-state index contributed by atoms with van der Waals surface area (Å²) in [5.41, 5.74) is 4.03. The normalized spacial score (nSPS) is 12.9. The summed E-state index contributed by atoms with van der Waals surface area (Å²) >= 11 is 0. The molecule has 0 bridgehead atoms. The van der Waals surface area contributed by atoms with Crippen molar-refractivity contribution in [2.75, 3.05) is 11.9 Å². The zero-order valence-electron chi connectivity index (χ0n) is 17.2. The molecule has 0 fully saturated rings. The van der Waals surface area contributed by atoms with E-state index in [0.29, 0.717) is 36.5 Å². The second kappa shape index (κ2) is 8.11. The monoisotopic (exact) mass is 424 g/mol. The van der Waals surface area contributed by atoms with Gasteiger partial charge in [-0.3, -0.25) is 14.4 Å². The number of carbonyl (C=O) groups is 2. The van der Waals surface area contributed by atoms with Crippen molar-refractivity contribution in [3.05, 3.63) is 106 Å². The van der Waals surface area contributed by atoms with Gasteiger partial charge < -0.3 is 15.2 Å². The molecule has 2 amide bonds. The van der Waals surface area contributed by atoms with Crippen LogP contribution in [0, 0.1) is 0 Å². The van der Waals surface area contributed by atoms with Crippen LogP contribution in [0.2, 0.25) is 0 Å². The average Bonchev–Trinajstić information content (AvgIpc) is 2.83. The van der Waals surface area contributed by atoms with Crippen molar-refractivity contribution in [2.24, 2.45) is 0 Å². The molecular weight excluding hydrogens is 404 g/mol. The van der Waals surface area contributed by atoms with Crippen LogP contribution in [0.3, 0.4) is 0 Å². The molecule has 32 heavy (non-hydrogen) atoms. The Labute approximate surface area is 183 Å². The number of fused-ring (bicyclic) bond motifs is 2. The number of aromatic amines is 1. The van der Waals surface area contributed by atoms with Gasteiger partial charge in [-0.2, -0.15) is 0 Å². The second-order valence-corrected chi connectivity index (χ2v) is 7.75. The van der Waals surface area contributed by atoms with Gasteiger partial charge in [0.05, 0.1) is 5.52 Å². The summed E-state index contributed by atoms with van der Waals surface area (Å²) in [5, 5.41) is 3.80. The van der Waals surface area contributed by atoms with Crippen molar-refractivity contribution in [3.8, 4) is 0 Å². The van der Waals surface area contributed by atoms with Crippen LogP contribution in [0.1, 0.15) is 32.0 Å². The van der Waals surface area contributed by atoms with Crippen molar-refractivity contribution in [1.29, 1.82) is 0 Å². The van der Waals surface area contributed by atoms with Gasteiger partial charge in [0.25, 0.3) is 11.8 Å². The van der Waals surface area contributed by atoms with Gasteiger partial charge >= 0.3 is 0 Å². The Balaban J connectivity index is 1.27. The number of nitrogens with zero attached hydrogens (tertiary/aromatic N) is 2. The Bertz CT molecular complexity index is 1390. The van der Waals surface area contributed by atoms with Gasteiger partial charge in [-0.15, -0.1) is 0 Å². The number of carbonyl (C=O) groups excluding carboxylic acids is 2. The maximum Gasteiger partial charge on any atom is 0.274 e. The molecule has 0 saturated heterocycles. The first-order valence-corrected chi connectivity index (χ1v) is 10.3. The predicted octanol–water partition coefficient (Wildman–Crippen LogP) is 3.37. The van der Waals surface area contributed by atoms with E-state index in [9.17, 15) is 14.4 Å². The SMILES string of the molecule is O=C(Nc1ccc(C(=O)N2CCc3cc(=O)[nH]cc3C2)cc1)c1ccc2ccccc2n1. The molecule has 5 rings (SSSR count). The molecule has 2 aromatic carbocycles. The molecule has 0 saturated carbocycles. The third-order valence-electron chi connectivity index (χ3n) is 5.63. The Kier molecular flexibility index (Phi) is 4.99.